The molecule has 1 nitrogen and oxygen atoms in total. The Kier molecular flexibility index (Phi) is 3.47. The van der Waals surface area contributed by atoms with Crippen LogP contribution in [-0.4, -0.2) is 6.26 Å². The smallest absolute Gasteiger partial charge is 0.0620 e. The summed E-state index contributed by atoms with van der Waals surface area (Å²) in [6.45, 7) is 4.44. The van der Waals surface area contributed by atoms with E-state index in [1.54, 1.807) is 11.8 Å². The van der Waals surface area contributed by atoms with Gasteiger partial charge in [0.15, 0.2) is 0 Å². The van der Waals surface area contributed by atoms with Gasteiger partial charge in [-0.05, 0) is 24.7 Å². The van der Waals surface area contributed by atoms with Crippen molar-refractivity contribution in [1.29, 1.82) is 0 Å². The maximum Gasteiger partial charge on any atom is 0.0620 e. The van der Waals surface area contributed by atoms with Crippen molar-refractivity contribution in [3.8, 4) is 0 Å². The second kappa shape index (κ2) is 4.19. The molecule has 0 saturated heterocycles. The summed E-state index contributed by atoms with van der Waals surface area (Å²) in [7, 11) is 0. The Morgan fingerprint density at radius 1 is 1.58 bits per heavy atom. The highest BCUT2D eigenvalue weighted by atomic mass is 32.2. The molecule has 1 aromatic heterocycles. The number of thiophene rings is 1. The molecule has 0 aromatic carbocycles. The number of rotatable bonds is 3. The van der Waals surface area contributed by atoms with Gasteiger partial charge >= 0.3 is 0 Å². The summed E-state index contributed by atoms with van der Waals surface area (Å²) in [4.78, 5) is 1.34. The minimum atomic E-state index is 0.695. The van der Waals surface area contributed by atoms with E-state index in [9.17, 15) is 0 Å². The zero-order chi connectivity index (χ0) is 9.14. The lowest BCUT2D eigenvalue weighted by molar-refractivity contribution is 0.655. The highest BCUT2D eigenvalue weighted by Crippen LogP contribution is 2.32. The predicted molar refractivity (Wildman–Crippen MR) is 59.1 cm³/mol. The summed E-state index contributed by atoms with van der Waals surface area (Å²) in [6, 6.07) is 2.08. The zero-order valence-electron chi connectivity index (χ0n) is 7.76. The van der Waals surface area contributed by atoms with Crippen molar-refractivity contribution in [3.63, 3.8) is 0 Å². The average molecular weight is 201 g/mol. The van der Waals surface area contributed by atoms with Gasteiger partial charge in [-0.1, -0.05) is 13.8 Å². The van der Waals surface area contributed by atoms with Crippen LogP contribution in [0.2, 0.25) is 0 Å². The van der Waals surface area contributed by atoms with Gasteiger partial charge in [0.25, 0.3) is 0 Å². The van der Waals surface area contributed by atoms with Crippen LogP contribution < -0.4 is 5.73 Å². The molecule has 0 aliphatic carbocycles. The van der Waals surface area contributed by atoms with E-state index >= 15 is 0 Å². The number of hydrogen-bond donors (Lipinski definition) is 1. The monoisotopic (exact) mass is 201 g/mol. The van der Waals surface area contributed by atoms with E-state index in [0.717, 1.165) is 12.1 Å². The summed E-state index contributed by atoms with van der Waals surface area (Å²) < 4.78 is 1.32. The molecule has 0 radical (unpaired) electrons. The lowest BCUT2D eigenvalue weighted by atomic mass is 10.1. The second-order valence-electron chi connectivity index (χ2n) is 3.25. The van der Waals surface area contributed by atoms with Crippen LogP contribution in [0.25, 0.3) is 0 Å². The van der Waals surface area contributed by atoms with Crippen LogP contribution in [0.4, 0.5) is 5.69 Å². The number of anilines is 1. The average Bonchev–Trinajstić information content (AvgIpc) is 2.31. The van der Waals surface area contributed by atoms with Crippen LogP contribution in [0, 0.1) is 5.92 Å². The molecule has 0 aliphatic heterocycles. The van der Waals surface area contributed by atoms with E-state index in [4.69, 9.17) is 5.73 Å². The topological polar surface area (TPSA) is 26.0 Å². The zero-order valence-corrected chi connectivity index (χ0v) is 9.39. The molecule has 0 atom stereocenters. The number of hydrogen-bond acceptors (Lipinski definition) is 3. The van der Waals surface area contributed by atoms with Crippen molar-refractivity contribution in [2.75, 3.05) is 12.0 Å². The number of nitrogen functional groups attached to an aromatic ring is 1. The normalized spacial score (nSPS) is 11.0. The fraction of sp³-hybridized carbons (Fsp3) is 0.556. The molecule has 1 aromatic rings. The number of nitrogens with two attached hydrogens (primary N) is 1. The summed E-state index contributed by atoms with van der Waals surface area (Å²) in [5.74, 6) is 0.695. The Morgan fingerprint density at radius 3 is 2.67 bits per heavy atom. The minimum Gasteiger partial charge on any atom is -0.398 e. The van der Waals surface area contributed by atoms with Crippen molar-refractivity contribution < 1.29 is 0 Å². The fourth-order valence-corrected chi connectivity index (χ4v) is 2.95. The first-order valence-electron chi connectivity index (χ1n) is 4.05. The summed E-state index contributed by atoms with van der Waals surface area (Å²) >= 11 is 3.60. The molecule has 0 saturated carbocycles. The van der Waals surface area contributed by atoms with Crippen LogP contribution in [0.3, 0.4) is 0 Å². The molecule has 1 heterocycles. The number of thioether (sulfide) groups is 1. The Labute approximate surface area is 82.4 Å². The Bertz CT molecular complexity index is 253. The first-order valence-corrected chi connectivity index (χ1v) is 6.09. The summed E-state index contributed by atoms with van der Waals surface area (Å²) in [5.41, 5.74) is 6.83. The highest BCUT2D eigenvalue weighted by Gasteiger charge is 2.06. The van der Waals surface area contributed by atoms with Gasteiger partial charge in [-0.2, -0.15) is 0 Å². The van der Waals surface area contributed by atoms with Crippen LogP contribution in [0.1, 0.15) is 18.7 Å². The SMILES string of the molecule is CSc1cc(N)c(CC(C)C)s1. The molecule has 0 fully saturated rings. The predicted octanol–water partition coefficient (Wildman–Crippen LogP) is 3.25. The second-order valence-corrected chi connectivity index (χ2v) is 5.49. The van der Waals surface area contributed by atoms with Crippen LogP contribution >= 0.6 is 23.1 Å². The molecule has 0 amide bonds. The lowest BCUT2D eigenvalue weighted by Gasteiger charge is -2.01. The Hall–Kier alpha value is -0.150. The fourth-order valence-electron chi connectivity index (χ4n) is 1.05. The van der Waals surface area contributed by atoms with Crippen molar-refractivity contribution in [2.24, 2.45) is 5.92 Å². The molecule has 0 spiro atoms. The summed E-state index contributed by atoms with van der Waals surface area (Å²) in [5, 5.41) is 0. The van der Waals surface area contributed by atoms with E-state index in [1.165, 1.54) is 9.09 Å². The molecule has 2 N–H and O–H groups in total. The van der Waals surface area contributed by atoms with Crippen LogP contribution in [0.5, 0.6) is 0 Å². The molecule has 0 aliphatic rings. The van der Waals surface area contributed by atoms with Crippen molar-refractivity contribution in [3.05, 3.63) is 10.9 Å². The van der Waals surface area contributed by atoms with Crippen LogP contribution in [-0.2, 0) is 6.42 Å². The third-order valence-corrected chi connectivity index (χ3v) is 3.85. The summed E-state index contributed by atoms with van der Waals surface area (Å²) in [6.07, 6.45) is 3.20. The van der Waals surface area contributed by atoms with Gasteiger partial charge in [0.05, 0.1) is 4.21 Å². The van der Waals surface area contributed by atoms with Gasteiger partial charge in [-0.3, -0.25) is 0 Å². The molecular weight excluding hydrogens is 186 g/mol. The van der Waals surface area contributed by atoms with Gasteiger partial charge in [-0.15, -0.1) is 23.1 Å². The molecular formula is C9H15NS2. The van der Waals surface area contributed by atoms with E-state index in [1.807, 2.05) is 11.3 Å². The first-order chi connectivity index (χ1) is 5.63. The van der Waals surface area contributed by atoms with Gasteiger partial charge in [0.1, 0.15) is 0 Å². The van der Waals surface area contributed by atoms with E-state index in [0.29, 0.717) is 5.92 Å². The molecule has 1 rings (SSSR count). The lowest BCUT2D eigenvalue weighted by Crippen LogP contribution is -1.94. The van der Waals surface area contributed by atoms with Gasteiger partial charge < -0.3 is 5.73 Å². The maximum atomic E-state index is 5.86. The van der Waals surface area contributed by atoms with Gasteiger partial charge in [-0.25, -0.2) is 0 Å². The molecule has 3 heteroatoms. The van der Waals surface area contributed by atoms with Crippen LogP contribution in [0.15, 0.2) is 10.3 Å². The first kappa shape index (κ1) is 9.93. The largest absolute Gasteiger partial charge is 0.398 e. The van der Waals surface area contributed by atoms with Gasteiger partial charge in [0.2, 0.25) is 0 Å². The molecule has 12 heavy (non-hydrogen) atoms. The molecule has 0 unspecified atom stereocenters. The van der Waals surface area contributed by atoms with Crippen molar-refractivity contribution in [2.45, 2.75) is 24.5 Å². The quantitative estimate of drug-likeness (QED) is 0.760. The molecule has 68 valence electrons. The van der Waals surface area contributed by atoms with Crippen molar-refractivity contribution >= 4 is 28.8 Å². The third-order valence-electron chi connectivity index (χ3n) is 1.61. The van der Waals surface area contributed by atoms with E-state index in [2.05, 4.69) is 26.2 Å². The Morgan fingerprint density at radius 2 is 2.25 bits per heavy atom. The van der Waals surface area contributed by atoms with E-state index < -0.39 is 0 Å². The van der Waals surface area contributed by atoms with Gasteiger partial charge in [0, 0.05) is 10.6 Å². The molecule has 0 bridgehead atoms. The highest BCUT2D eigenvalue weighted by molar-refractivity contribution is 8.00. The minimum absolute atomic E-state index is 0.695. The standard InChI is InChI=1S/C9H15NS2/c1-6(2)4-8-7(10)5-9(11-3)12-8/h5-6H,4,10H2,1-3H3. The Balaban J connectivity index is 2.77. The third kappa shape index (κ3) is 2.42. The van der Waals surface area contributed by atoms with Crippen molar-refractivity contribution in [1.82, 2.24) is 0 Å². The maximum absolute atomic E-state index is 5.86. The van der Waals surface area contributed by atoms with E-state index in [-0.39, 0.29) is 0 Å².